The van der Waals surface area contributed by atoms with E-state index in [0.29, 0.717) is 11.0 Å². The van der Waals surface area contributed by atoms with Crippen molar-refractivity contribution in [2.24, 2.45) is 0 Å². The van der Waals surface area contributed by atoms with Gasteiger partial charge in [-0.15, -0.1) is 0 Å². The number of fused-ring (bicyclic) bond motifs is 1. The first kappa shape index (κ1) is 19.9. The van der Waals surface area contributed by atoms with E-state index in [1.54, 1.807) is 44.2 Å². The second kappa shape index (κ2) is 8.41. The van der Waals surface area contributed by atoms with Gasteiger partial charge in [0.15, 0.2) is 0 Å². The Morgan fingerprint density at radius 2 is 1.83 bits per heavy atom. The maximum Gasteiger partial charge on any atom is 0.426 e. The zero-order valence-corrected chi connectivity index (χ0v) is 15.7. The largest absolute Gasteiger partial charge is 0.443 e. The molecule has 0 spiro atoms. The van der Waals surface area contributed by atoms with Gasteiger partial charge in [0.1, 0.15) is 23.2 Å². The van der Waals surface area contributed by atoms with Gasteiger partial charge in [-0.25, -0.2) is 14.8 Å². The number of rotatable bonds is 3. The molecule has 1 heterocycles. The number of nitrogens with one attached hydrogen (secondary N) is 2. The van der Waals surface area contributed by atoms with Crippen LogP contribution in [0.25, 0.3) is 11.0 Å². The van der Waals surface area contributed by atoms with Crippen LogP contribution in [0.5, 0.6) is 0 Å². The van der Waals surface area contributed by atoms with Gasteiger partial charge in [-0.3, -0.25) is 10.2 Å². The number of aromatic nitrogens is 2. The van der Waals surface area contributed by atoms with Crippen LogP contribution in [0, 0.1) is 11.8 Å². The third-order valence-corrected chi connectivity index (χ3v) is 3.63. The molecule has 0 aliphatic heterocycles. The van der Waals surface area contributed by atoms with Crippen LogP contribution in [0.4, 0.5) is 4.79 Å². The fourth-order valence-corrected chi connectivity index (χ4v) is 2.20. The van der Waals surface area contributed by atoms with Gasteiger partial charge in [0.2, 0.25) is 0 Å². The average molecular weight is 394 g/mol. The summed E-state index contributed by atoms with van der Waals surface area (Å²) in [5, 5.41) is 16.9. The van der Waals surface area contributed by atoms with Gasteiger partial charge >= 0.3 is 6.09 Å². The zero-order chi connectivity index (χ0) is 20.9. The van der Waals surface area contributed by atoms with Gasteiger partial charge in [-0.2, -0.15) is 0 Å². The molecular formula is C20H18N4O5. The first-order valence-electron chi connectivity index (χ1n) is 8.60. The van der Waals surface area contributed by atoms with Gasteiger partial charge in [0, 0.05) is 11.1 Å². The third-order valence-electron chi connectivity index (χ3n) is 3.63. The summed E-state index contributed by atoms with van der Waals surface area (Å²) in [6.45, 7) is 3.21. The van der Waals surface area contributed by atoms with Gasteiger partial charge in [-0.1, -0.05) is 24.0 Å². The van der Waals surface area contributed by atoms with Crippen LogP contribution < -0.4 is 10.9 Å². The minimum Gasteiger partial charge on any atom is -0.443 e. The molecule has 2 amide bonds. The molecule has 0 unspecified atom stereocenters. The predicted octanol–water partition coefficient (Wildman–Crippen LogP) is 1.92. The van der Waals surface area contributed by atoms with Crippen molar-refractivity contribution in [1.82, 2.24) is 21.2 Å². The summed E-state index contributed by atoms with van der Waals surface area (Å²) in [6.07, 6.45) is -0.812. The summed E-state index contributed by atoms with van der Waals surface area (Å²) < 4.78 is 9.62. The number of hydrogen-bond acceptors (Lipinski definition) is 7. The minimum absolute atomic E-state index is 0.0114. The van der Waals surface area contributed by atoms with Gasteiger partial charge in [-0.05, 0) is 60.1 Å². The molecule has 3 rings (SSSR count). The van der Waals surface area contributed by atoms with E-state index in [4.69, 9.17) is 4.74 Å². The molecule has 0 saturated heterocycles. The molecule has 3 N–H and O–H groups in total. The van der Waals surface area contributed by atoms with Crippen molar-refractivity contribution < 1.29 is 24.1 Å². The number of benzene rings is 2. The topological polar surface area (TPSA) is 127 Å². The van der Waals surface area contributed by atoms with Gasteiger partial charge < -0.3 is 9.84 Å². The lowest BCUT2D eigenvalue weighted by Gasteiger charge is -2.09. The van der Waals surface area contributed by atoms with Crippen LogP contribution in [0.15, 0.2) is 47.1 Å². The van der Waals surface area contributed by atoms with E-state index < -0.39 is 17.6 Å². The van der Waals surface area contributed by atoms with Crippen LogP contribution in [-0.2, 0) is 11.3 Å². The second-order valence-electron chi connectivity index (χ2n) is 6.63. The molecule has 0 aliphatic carbocycles. The minimum atomic E-state index is -1.07. The fraction of sp³-hybridized carbons (Fsp3) is 0.200. The van der Waals surface area contributed by atoms with E-state index in [1.165, 1.54) is 12.1 Å². The van der Waals surface area contributed by atoms with Crippen molar-refractivity contribution >= 4 is 23.0 Å². The van der Waals surface area contributed by atoms with E-state index in [1.807, 2.05) is 0 Å². The maximum absolute atomic E-state index is 12.1. The predicted molar refractivity (Wildman–Crippen MR) is 102 cm³/mol. The van der Waals surface area contributed by atoms with E-state index in [0.717, 1.165) is 11.1 Å². The zero-order valence-electron chi connectivity index (χ0n) is 15.7. The number of carbonyl (C=O) groups excluding carboxylic acids is 2. The lowest BCUT2D eigenvalue weighted by atomic mass is 10.1. The highest BCUT2D eigenvalue weighted by molar-refractivity contribution is 5.97. The lowest BCUT2D eigenvalue weighted by molar-refractivity contribution is 0.0905. The number of nitrogens with zero attached hydrogens (tertiary/aromatic N) is 2. The van der Waals surface area contributed by atoms with E-state index in [2.05, 4.69) is 37.6 Å². The maximum atomic E-state index is 12.1. The number of amides is 2. The van der Waals surface area contributed by atoms with E-state index >= 15 is 0 Å². The molecule has 148 valence electrons. The van der Waals surface area contributed by atoms with Crippen LogP contribution >= 0.6 is 0 Å². The summed E-state index contributed by atoms with van der Waals surface area (Å²) in [7, 11) is 0. The number of hydrogen-bond donors (Lipinski definition) is 3. The quantitative estimate of drug-likeness (QED) is 0.457. The third kappa shape index (κ3) is 5.79. The Kier molecular flexibility index (Phi) is 5.76. The van der Waals surface area contributed by atoms with Crippen molar-refractivity contribution in [3.8, 4) is 11.8 Å². The molecule has 0 aliphatic rings. The average Bonchev–Trinajstić information content (AvgIpc) is 3.17. The van der Waals surface area contributed by atoms with Crippen LogP contribution in [0.2, 0.25) is 0 Å². The highest BCUT2D eigenvalue weighted by Gasteiger charge is 2.11. The van der Waals surface area contributed by atoms with Crippen molar-refractivity contribution in [2.75, 3.05) is 0 Å². The molecular weight excluding hydrogens is 376 g/mol. The summed E-state index contributed by atoms with van der Waals surface area (Å²) in [5.41, 5.74) is 6.04. The highest BCUT2D eigenvalue weighted by Crippen LogP contribution is 2.11. The summed E-state index contributed by atoms with van der Waals surface area (Å²) >= 11 is 0. The highest BCUT2D eigenvalue weighted by atomic mass is 16.6. The van der Waals surface area contributed by atoms with Crippen molar-refractivity contribution in [1.29, 1.82) is 0 Å². The Bertz CT molecular complexity index is 1090. The van der Waals surface area contributed by atoms with Crippen molar-refractivity contribution in [2.45, 2.75) is 26.1 Å². The molecule has 9 nitrogen and oxygen atoms in total. The Balaban J connectivity index is 1.47. The van der Waals surface area contributed by atoms with Crippen LogP contribution in [-0.4, -0.2) is 33.0 Å². The number of carbonyl (C=O) groups is 2. The molecule has 29 heavy (non-hydrogen) atoms. The summed E-state index contributed by atoms with van der Waals surface area (Å²) in [4.78, 5) is 23.8. The molecule has 3 aromatic rings. The number of aliphatic hydroxyl groups is 1. The Labute approximate surface area is 166 Å². The number of hydrazine groups is 1. The molecule has 1 aromatic heterocycles. The first-order chi connectivity index (χ1) is 13.8. The monoisotopic (exact) mass is 394 g/mol. The molecule has 0 saturated carbocycles. The fourth-order valence-electron chi connectivity index (χ4n) is 2.20. The molecule has 0 fully saturated rings. The standard InChI is InChI=1S/C20H18N4O5/c1-20(2,27)10-9-13-3-5-14(6-4-13)12-28-19(26)22-21-18(25)15-7-8-16-17(11-15)24-29-23-16/h3-8,11,27H,12H2,1-2H3,(H,21,25)(H,22,26). The van der Waals surface area contributed by atoms with E-state index in [9.17, 15) is 14.7 Å². The van der Waals surface area contributed by atoms with Crippen LogP contribution in [0.1, 0.15) is 35.3 Å². The molecule has 0 radical (unpaired) electrons. The molecule has 2 aromatic carbocycles. The second-order valence-corrected chi connectivity index (χ2v) is 6.63. The van der Waals surface area contributed by atoms with E-state index in [-0.39, 0.29) is 12.2 Å². The molecule has 9 heteroatoms. The lowest BCUT2D eigenvalue weighted by Crippen LogP contribution is -2.41. The van der Waals surface area contributed by atoms with Crippen molar-refractivity contribution in [3.63, 3.8) is 0 Å². The molecule has 0 bridgehead atoms. The summed E-state index contributed by atoms with van der Waals surface area (Å²) in [6, 6.07) is 11.6. The Hall–Kier alpha value is -3.90. The van der Waals surface area contributed by atoms with Crippen LogP contribution in [0.3, 0.4) is 0 Å². The molecule has 0 atom stereocenters. The van der Waals surface area contributed by atoms with Gasteiger partial charge in [0.05, 0.1) is 0 Å². The SMILES string of the molecule is CC(C)(O)C#Cc1ccc(COC(=O)NNC(=O)c2ccc3nonc3c2)cc1. The first-order valence-corrected chi connectivity index (χ1v) is 8.60. The Morgan fingerprint density at radius 1 is 1.10 bits per heavy atom. The smallest absolute Gasteiger partial charge is 0.426 e. The van der Waals surface area contributed by atoms with Crippen molar-refractivity contribution in [3.05, 3.63) is 59.2 Å². The summed E-state index contributed by atoms with van der Waals surface area (Å²) in [5.74, 6) is 5.03. The normalized spacial score (nSPS) is 10.7. The van der Waals surface area contributed by atoms with Gasteiger partial charge in [0.25, 0.3) is 5.91 Å². The number of ether oxygens (including phenoxy) is 1. The Morgan fingerprint density at radius 3 is 2.55 bits per heavy atom.